The summed E-state index contributed by atoms with van der Waals surface area (Å²) in [4.78, 5) is 0. The molecule has 0 amide bonds. The van der Waals surface area contributed by atoms with E-state index in [4.69, 9.17) is 25.8 Å². The topological polar surface area (TPSA) is 39.7 Å². The van der Waals surface area contributed by atoms with E-state index in [2.05, 4.69) is 59.0 Å². The highest BCUT2D eigenvalue weighted by Crippen LogP contribution is 2.61. The van der Waals surface area contributed by atoms with Gasteiger partial charge < -0.3 is 19.5 Å². The maximum Gasteiger partial charge on any atom is 0.165 e. The summed E-state index contributed by atoms with van der Waals surface area (Å²) in [5.74, 6) is 4.54. The SMILES string of the molecule is CC.CCc1ccc(OCCCl)c2c1[C@]1(CC)C(CNCC3CC3)C[C@H]([C@@H](C)C(C)(C)C)C(OC)[C@@H]1O2. The summed E-state index contributed by atoms with van der Waals surface area (Å²) in [6, 6.07) is 4.34. The number of rotatable bonds is 11. The number of hydrogen-bond donors (Lipinski definition) is 1. The predicted octanol–water partition coefficient (Wildman–Crippen LogP) is 7.63. The molecule has 2 aliphatic carbocycles. The lowest BCUT2D eigenvalue weighted by Gasteiger charge is -2.54. The number of nitrogens with one attached hydrogen (secondary N) is 1. The highest BCUT2D eigenvalue weighted by atomic mass is 35.5. The van der Waals surface area contributed by atoms with Crippen molar-refractivity contribution in [2.45, 2.75) is 105 Å². The third-order valence-electron chi connectivity index (χ3n) is 9.53. The zero-order chi connectivity index (χ0) is 27.4. The van der Waals surface area contributed by atoms with Gasteiger partial charge in [-0.3, -0.25) is 0 Å². The molecule has 2 fully saturated rings. The van der Waals surface area contributed by atoms with Crippen molar-refractivity contribution in [3.63, 3.8) is 0 Å². The number of benzene rings is 1. The highest BCUT2D eigenvalue weighted by Gasteiger charge is 2.62. The van der Waals surface area contributed by atoms with Crippen LogP contribution in [-0.2, 0) is 16.6 Å². The largest absolute Gasteiger partial charge is 0.488 e. The molecule has 1 aliphatic heterocycles. The molecule has 1 N–H and O–H groups in total. The molecule has 212 valence electrons. The molecule has 0 radical (unpaired) electrons. The predicted molar refractivity (Wildman–Crippen MR) is 156 cm³/mol. The Bertz CT molecular complexity index is 864. The number of halogens is 1. The average Bonchev–Trinajstić information content (AvgIpc) is 3.65. The molecular weight excluding hydrogens is 482 g/mol. The van der Waals surface area contributed by atoms with Crippen molar-refractivity contribution in [2.75, 3.05) is 32.7 Å². The lowest BCUT2D eigenvalue weighted by molar-refractivity contribution is -0.128. The standard InChI is InChI=1S/C30H48ClNO3.C2H6/c1-8-21-12-13-24(34-15-14-31)27-25(21)30(9-2)22(18-32-17-20-10-11-20)16-23(19(3)29(4,5)6)26(33-7)28(30)35-27;1-2/h12-13,19-20,22-23,26,28,32H,8-11,14-18H2,1-7H3;1-2H3/t19-,22?,23-,26?,28+,30+;/m1./s1. The Labute approximate surface area is 232 Å². The zero-order valence-corrected chi connectivity index (χ0v) is 25.8. The van der Waals surface area contributed by atoms with Gasteiger partial charge in [-0.2, -0.15) is 0 Å². The summed E-state index contributed by atoms with van der Waals surface area (Å²) in [7, 11) is 1.89. The molecular formula is C32H54ClNO3. The maximum atomic E-state index is 7.02. The highest BCUT2D eigenvalue weighted by molar-refractivity contribution is 6.18. The van der Waals surface area contributed by atoms with Gasteiger partial charge in [0.05, 0.1) is 12.0 Å². The maximum absolute atomic E-state index is 7.02. The fourth-order valence-corrected chi connectivity index (χ4v) is 7.08. The molecule has 0 bridgehead atoms. The molecule has 2 saturated carbocycles. The smallest absolute Gasteiger partial charge is 0.165 e. The Morgan fingerprint density at radius 3 is 2.41 bits per heavy atom. The quantitative estimate of drug-likeness (QED) is 0.295. The van der Waals surface area contributed by atoms with E-state index in [1.807, 2.05) is 21.0 Å². The fraction of sp³-hybridized carbons (Fsp3) is 0.812. The van der Waals surface area contributed by atoms with E-state index in [1.54, 1.807) is 0 Å². The van der Waals surface area contributed by atoms with Crippen LogP contribution in [0.2, 0.25) is 0 Å². The van der Waals surface area contributed by atoms with Crippen LogP contribution in [0.25, 0.3) is 0 Å². The van der Waals surface area contributed by atoms with Crippen molar-refractivity contribution < 1.29 is 14.2 Å². The monoisotopic (exact) mass is 535 g/mol. The Kier molecular flexibility index (Phi) is 10.7. The number of methoxy groups -OCH3 is 1. The van der Waals surface area contributed by atoms with Gasteiger partial charge in [0.15, 0.2) is 11.5 Å². The first-order valence-corrected chi connectivity index (χ1v) is 15.5. The third-order valence-corrected chi connectivity index (χ3v) is 9.69. The number of fused-ring (bicyclic) bond motifs is 3. The van der Waals surface area contributed by atoms with E-state index in [0.29, 0.717) is 30.2 Å². The van der Waals surface area contributed by atoms with Crippen molar-refractivity contribution in [2.24, 2.45) is 29.1 Å². The van der Waals surface area contributed by atoms with E-state index in [0.717, 1.165) is 49.8 Å². The van der Waals surface area contributed by atoms with E-state index in [1.165, 1.54) is 24.0 Å². The van der Waals surface area contributed by atoms with E-state index in [9.17, 15) is 0 Å². The molecule has 0 aromatic heterocycles. The van der Waals surface area contributed by atoms with Gasteiger partial charge in [0.25, 0.3) is 0 Å². The molecule has 0 saturated heterocycles. The molecule has 4 nitrogen and oxygen atoms in total. The summed E-state index contributed by atoms with van der Waals surface area (Å²) >= 11 is 6.00. The number of alkyl halides is 1. The summed E-state index contributed by atoms with van der Waals surface area (Å²) in [6.45, 7) is 20.8. The Morgan fingerprint density at radius 2 is 1.86 bits per heavy atom. The molecule has 37 heavy (non-hydrogen) atoms. The Hall–Kier alpha value is -0.970. The van der Waals surface area contributed by atoms with Crippen molar-refractivity contribution in [1.29, 1.82) is 0 Å². The zero-order valence-electron chi connectivity index (χ0n) is 25.1. The summed E-state index contributed by atoms with van der Waals surface area (Å²) < 4.78 is 19.5. The van der Waals surface area contributed by atoms with Crippen LogP contribution in [0.1, 0.15) is 92.2 Å². The van der Waals surface area contributed by atoms with Crippen LogP contribution >= 0.6 is 11.6 Å². The van der Waals surface area contributed by atoms with E-state index < -0.39 is 0 Å². The van der Waals surface area contributed by atoms with Gasteiger partial charge in [0.2, 0.25) is 0 Å². The van der Waals surface area contributed by atoms with Gasteiger partial charge in [0.1, 0.15) is 12.7 Å². The molecule has 6 atom stereocenters. The minimum atomic E-state index is -0.0909. The number of aryl methyl sites for hydroxylation is 1. The average molecular weight is 536 g/mol. The second-order valence-electron chi connectivity index (χ2n) is 12.3. The first kappa shape index (κ1) is 30.6. The fourth-order valence-electron chi connectivity index (χ4n) is 7.00. The van der Waals surface area contributed by atoms with Gasteiger partial charge in [-0.1, -0.05) is 61.5 Å². The second kappa shape index (κ2) is 12.9. The van der Waals surface area contributed by atoms with Crippen LogP contribution in [-0.4, -0.2) is 44.9 Å². The van der Waals surface area contributed by atoms with Gasteiger partial charge in [-0.15, -0.1) is 11.6 Å². The van der Waals surface area contributed by atoms with E-state index in [-0.39, 0.29) is 23.0 Å². The minimum Gasteiger partial charge on any atom is -0.488 e. The van der Waals surface area contributed by atoms with Crippen LogP contribution in [0.4, 0.5) is 0 Å². The van der Waals surface area contributed by atoms with Crippen molar-refractivity contribution in [3.05, 3.63) is 23.3 Å². The van der Waals surface area contributed by atoms with Crippen LogP contribution in [0.15, 0.2) is 12.1 Å². The van der Waals surface area contributed by atoms with Crippen molar-refractivity contribution >= 4 is 11.6 Å². The van der Waals surface area contributed by atoms with Crippen molar-refractivity contribution in [1.82, 2.24) is 5.32 Å². The summed E-state index contributed by atoms with van der Waals surface area (Å²) in [6.07, 6.45) is 5.94. The molecule has 1 heterocycles. The summed E-state index contributed by atoms with van der Waals surface area (Å²) in [5.41, 5.74) is 2.87. The molecule has 0 spiro atoms. The van der Waals surface area contributed by atoms with Gasteiger partial charge in [-0.05, 0) is 85.9 Å². The number of hydrogen-bond acceptors (Lipinski definition) is 4. The van der Waals surface area contributed by atoms with E-state index >= 15 is 0 Å². The Morgan fingerprint density at radius 1 is 1.16 bits per heavy atom. The molecule has 1 aromatic rings. The first-order chi connectivity index (χ1) is 17.7. The first-order valence-electron chi connectivity index (χ1n) is 15.0. The van der Waals surface area contributed by atoms with Crippen LogP contribution in [0.5, 0.6) is 11.5 Å². The van der Waals surface area contributed by atoms with Gasteiger partial charge in [-0.25, -0.2) is 0 Å². The normalized spacial score (nSPS) is 29.5. The molecule has 3 aliphatic rings. The third kappa shape index (κ3) is 5.97. The molecule has 4 rings (SSSR count). The van der Waals surface area contributed by atoms with Crippen molar-refractivity contribution in [3.8, 4) is 11.5 Å². The summed E-state index contributed by atoms with van der Waals surface area (Å²) in [5, 5.41) is 3.89. The second-order valence-corrected chi connectivity index (χ2v) is 12.7. The minimum absolute atomic E-state index is 0.0187. The lowest BCUT2D eigenvalue weighted by Crippen LogP contribution is -2.61. The number of ether oxygens (including phenoxy) is 3. The molecule has 1 aromatic carbocycles. The van der Waals surface area contributed by atoms with Crippen LogP contribution in [0, 0.1) is 29.1 Å². The lowest BCUT2D eigenvalue weighted by atomic mass is 9.53. The van der Waals surface area contributed by atoms with Gasteiger partial charge in [0, 0.05) is 18.1 Å². The molecule has 2 unspecified atom stereocenters. The van der Waals surface area contributed by atoms with Crippen LogP contribution < -0.4 is 14.8 Å². The Balaban J connectivity index is 0.00000186. The molecule has 5 heteroatoms. The van der Waals surface area contributed by atoms with Crippen LogP contribution in [0.3, 0.4) is 0 Å². The van der Waals surface area contributed by atoms with Gasteiger partial charge >= 0.3 is 0 Å².